The number of para-hydroxylation sites is 2. The zero-order chi connectivity index (χ0) is 15.6. The average Bonchev–Trinajstić information content (AvgIpc) is 3.24. The molecule has 0 aliphatic carbocycles. The minimum Gasteiger partial charge on any atom is -0.497 e. The highest BCUT2D eigenvalue weighted by molar-refractivity contribution is 7.07. The van der Waals surface area contributed by atoms with Crippen molar-refractivity contribution in [3.05, 3.63) is 65.0 Å². The van der Waals surface area contributed by atoms with Crippen LogP contribution < -0.4 is 4.74 Å². The van der Waals surface area contributed by atoms with Crippen molar-refractivity contribution < 1.29 is 4.74 Å². The van der Waals surface area contributed by atoms with Crippen LogP contribution in [0.2, 0.25) is 0 Å². The van der Waals surface area contributed by atoms with Crippen LogP contribution in [0.1, 0.15) is 5.56 Å². The minimum absolute atomic E-state index is 0.747. The Labute approximate surface area is 138 Å². The lowest BCUT2D eigenvalue weighted by molar-refractivity contribution is 0.414. The summed E-state index contributed by atoms with van der Waals surface area (Å²) < 4.78 is 7.44. The molecule has 0 atom stereocenters. The molecule has 2 aromatic carbocycles. The summed E-state index contributed by atoms with van der Waals surface area (Å²) in [5.41, 5.74) is 6.06. The fraction of sp³-hybridized carbons (Fsp3) is 0.111. The van der Waals surface area contributed by atoms with Gasteiger partial charge in [-0.3, -0.25) is 0 Å². The van der Waals surface area contributed by atoms with E-state index in [0.717, 1.165) is 34.8 Å². The molecule has 0 unspecified atom stereocenters. The SMILES string of the molecule is COc1ccc(Cn2c(-c3cscn3)nc3ccccc32)cc1. The summed E-state index contributed by atoms with van der Waals surface area (Å²) in [4.78, 5) is 9.19. The zero-order valence-corrected chi connectivity index (χ0v) is 13.5. The van der Waals surface area contributed by atoms with Crippen molar-refractivity contribution in [2.75, 3.05) is 7.11 Å². The highest BCUT2D eigenvalue weighted by Gasteiger charge is 2.14. The molecule has 0 aliphatic heterocycles. The number of rotatable bonds is 4. The lowest BCUT2D eigenvalue weighted by Crippen LogP contribution is -2.02. The molecule has 23 heavy (non-hydrogen) atoms. The Morgan fingerprint density at radius 3 is 2.65 bits per heavy atom. The molecule has 4 aromatic rings. The summed E-state index contributed by atoms with van der Waals surface area (Å²) >= 11 is 1.58. The van der Waals surface area contributed by atoms with Crippen molar-refractivity contribution in [1.29, 1.82) is 0 Å². The number of hydrogen-bond donors (Lipinski definition) is 0. The smallest absolute Gasteiger partial charge is 0.160 e. The third kappa shape index (κ3) is 2.59. The fourth-order valence-corrected chi connectivity index (χ4v) is 3.20. The molecule has 2 heterocycles. The van der Waals surface area contributed by atoms with Crippen LogP contribution in [0.5, 0.6) is 5.75 Å². The summed E-state index contributed by atoms with van der Waals surface area (Å²) in [6, 6.07) is 16.3. The van der Waals surface area contributed by atoms with Gasteiger partial charge in [0, 0.05) is 11.9 Å². The first-order valence-electron chi connectivity index (χ1n) is 7.32. The molecule has 0 spiro atoms. The van der Waals surface area contributed by atoms with Crippen molar-refractivity contribution in [1.82, 2.24) is 14.5 Å². The molecular formula is C18H15N3OS. The van der Waals surface area contributed by atoms with Gasteiger partial charge in [0.2, 0.25) is 0 Å². The van der Waals surface area contributed by atoms with Crippen molar-refractivity contribution in [2.45, 2.75) is 6.54 Å². The second-order valence-corrected chi connectivity index (χ2v) is 5.95. The summed E-state index contributed by atoms with van der Waals surface area (Å²) in [6.07, 6.45) is 0. The number of aromatic nitrogens is 3. The third-order valence-corrected chi connectivity index (χ3v) is 4.40. The topological polar surface area (TPSA) is 39.9 Å². The van der Waals surface area contributed by atoms with Crippen LogP contribution in [-0.4, -0.2) is 21.6 Å². The zero-order valence-electron chi connectivity index (χ0n) is 12.6. The molecule has 0 saturated heterocycles. The first-order chi connectivity index (χ1) is 11.3. The molecule has 4 rings (SSSR count). The van der Waals surface area contributed by atoms with Gasteiger partial charge in [0.25, 0.3) is 0 Å². The van der Waals surface area contributed by atoms with E-state index in [1.165, 1.54) is 5.56 Å². The van der Waals surface area contributed by atoms with Gasteiger partial charge >= 0.3 is 0 Å². The van der Waals surface area contributed by atoms with Crippen molar-refractivity contribution >= 4 is 22.4 Å². The largest absolute Gasteiger partial charge is 0.497 e. The van der Waals surface area contributed by atoms with Crippen molar-refractivity contribution in [2.24, 2.45) is 0 Å². The summed E-state index contributed by atoms with van der Waals surface area (Å²) in [6.45, 7) is 0.747. The molecule has 0 fully saturated rings. The van der Waals surface area contributed by atoms with Gasteiger partial charge in [0.15, 0.2) is 5.82 Å². The van der Waals surface area contributed by atoms with Gasteiger partial charge in [-0.15, -0.1) is 11.3 Å². The first kappa shape index (κ1) is 14.0. The van der Waals surface area contributed by atoms with Gasteiger partial charge in [-0.2, -0.15) is 0 Å². The predicted octanol–water partition coefficient (Wildman–Crippen LogP) is 4.22. The highest BCUT2D eigenvalue weighted by Crippen LogP contribution is 2.26. The number of benzene rings is 2. The molecular weight excluding hydrogens is 306 g/mol. The second-order valence-electron chi connectivity index (χ2n) is 5.23. The monoisotopic (exact) mass is 321 g/mol. The summed E-state index contributed by atoms with van der Waals surface area (Å²) in [5, 5.41) is 2.03. The van der Waals surface area contributed by atoms with E-state index in [2.05, 4.69) is 27.8 Å². The van der Waals surface area contributed by atoms with E-state index in [0.29, 0.717) is 0 Å². The molecule has 0 bridgehead atoms. The lowest BCUT2D eigenvalue weighted by Gasteiger charge is -2.09. The molecule has 2 aromatic heterocycles. The maximum absolute atomic E-state index is 5.23. The molecule has 0 N–H and O–H groups in total. The predicted molar refractivity (Wildman–Crippen MR) is 92.9 cm³/mol. The molecule has 0 saturated carbocycles. The van der Waals surface area contributed by atoms with Crippen molar-refractivity contribution in [3.63, 3.8) is 0 Å². The lowest BCUT2D eigenvalue weighted by atomic mass is 10.2. The molecule has 114 valence electrons. The molecule has 5 heteroatoms. The summed E-state index contributed by atoms with van der Waals surface area (Å²) in [7, 11) is 1.68. The third-order valence-electron chi connectivity index (χ3n) is 3.82. The Hall–Kier alpha value is -2.66. The van der Waals surface area contributed by atoms with E-state index >= 15 is 0 Å². The van der Waals surface area contributed by atoms with Crippen LogP contribution in [0.4, 0.5) is 0 Å². The van der Waals surface area contributed by atoms with Crippen LogP contribution in [0.25, 0.3) is 22.6 Å². The second kappa shape index (κ2) is 5.85. The van der Waals surface area contributed by atoms with Gasteiger partial charge in [-0.25, -0.2) is 9.97 Å². The molecule has 4 nitrogen and oxygen atoms in total. The Morgan fingerprint density at radius 2 is 1.91 bits per heavy atom. The van der Waals surface area contributed by atoms with E-state index in [1.54, 1.807) is 18.4 Å². The van der Waals surface area contributed by atoms with Crippen molar-refractivity contribution in [3.8, 4) is 17.3 Å². The Kier molecular flexibility index (Phi) is 3.55. The number of methoxy groups -OCH3 is 1. The molecule has 0 radical (unpaired) electrons. The number of nitrogens with zero attached hydrogens (tertiary/aromatic N) is 3. The summed E-state index contributed by atoms with van der Waals surface area (Å²) in [5.74, 6) is 1.77. The Morgan fingerprint density at radius 1 is 1.09 bits per heavy atom. The Bertz CT molecular complexity index is 927. The van der Waals surface area contributed by atoms with E-state index in [-0.39, 0.29) is 0 Å². The highest BCUT2D eigenvalue weighted by atomic mass is 32.1. The number of ether oxygens (including phenoxy) is 1. The Balaban J connectivity index is 1.82. The fourth-order valence-electron chi connectivity index (χ4n) is 2.67. The van der Waals surface area contributed by atoms with Gasteiger partial charge < -0.3 is 9.30 Å². The maximum atomic E-state index is 5.23. The van der Waals surface area contributed by atoms with Crippen LogP contribution in [0.15, 0.2) is 59.4 Å². The van der Waals surface area contributed by atoms with E-state index < -0.39 is 0 Å². The van der Waals surface area contributed by atoms with Crippen LogP contribution >= 0.6 is 11.3 Å². The van der Waals surface area contributed by atoms with Crippen LogP contribution in [-0.2, 0) is 6.54 Å². The van der Waals surface area contributed by atoms with Gasteiger partial charge in [0.1, 0.15) is 11.4 Å². The van der Waals surface area contributed by atoms with Gasteiger partial charge in [0.05, 0.1) is 23.7 Å². The minimum atomic E-state index is 0.747. The number of imidazole rings is 1. The van der Waals surface area contributed by atoms with Gasteiger partial charge in [-0.05, 0) is 29.8 Å². The first-order valence-corrected chi connectivity index (χ1v) is 8.26. The number of hydrogen-bond acceptors (Lipinski definition) is 4. The van der Waals surface area contributed by atoms with Gasteiger partial charge in [-0.1, -0.05) is 24.3 Å². The number of thiazole rings is 1. The van der Waals surface area contributed by atoms with Crippen LogP contribution in [0.3, 0.4) is 0 Å². The average molecular weight is 321 g/mol. The van der Waals surface area contributed by atoms with E-state index in [9.17, 15) is 0 Å². The van der Waals surface area contributed by atoms with Crippen LogP contribution in [0, 0.1) is 0 Å². The quantitative estimate of drug-likeness (QED) is 0.565. The standard InChI is InChI=1S/C18H15N3OS/c1-22-14-8-6-13(7-9-14)10-21-17-5-3-2-4-15(17)20-18(21)16-11-23-12-19-16/h2-9,11-12H,10H2,1H3. The van der Waals surface area contributed by atoms with E-state index in [4.69, 9.17) is 9.72 Å². The maximum Gasteiger partial charge on any atom is 0.160 e. The molecule has 0 amide bonds. The number of fused-ring (bicyclic) bond motifs is 1. The van der Waals surface area contributed by atoms with E-state index in [1.807, 2.05) is 41.2 Å². The molecule has 0 aliphatic rings. The normalized spacial score (nSPS) is 11.0.